The van der Waals surface area contributed by atoms with Crippen LogP contribution in [0.5, 0.6) is 17.2 Å². The van der Waals surface area contributed by atoms with Crippen LogP contribution in [0.2, 0.25) is 0 Å². The van der Waals surface area contributed by atoms with Crippen LogP contribution in [0.1, 0.15) is 52.5 Å². The van der Waals surface area contributed by atoms with Crippen LogP contribution in [0.15, 0.2) is 23.0 Å². The van der Waals surface area contributed by atoms with E-state index in [1.54, 1.807) is 22.8 Å². The minimum atomic E-state index is -0.242. The number of ether oxygens (including phenoxy) is 2. The Morgan fingerprint density at radius 2 is 1.92 bits per heavy atom. The lowest BCUT2D eigenvalue weighted by molar-refractivity contribution is 0.285. The largest absolute Gasteiger partial charge is 0.508 e. The summed E-state index contributed by atoms with van der Waals surface area (Å²) in [7, 11) is 1.48. The number of hydrogen-bond acceptors (Lipinski definition) is 4. The van der Waals surface area contributed by atoms with Crippen LogP contribution in [0.4, 0.5) is 0 Å². The Hall–Kier alpha value is -2.17. The second-order valence-corrected chi connectivity index (χ2v) is 6.24. The topological polar surface area (TPSA) is 60.7 Å². The standard InChI is InChI=1S/C19H27NO4/c1-5-6-7-8-11-24-17-15-10-9-14(21)12-16(15)20(13(2)3)19(22)18(17)23-4/h9-10,12-13,21H,5-8,11H2,1-4H3. The summed E-state index contributed by atoms with van der Waals surface area (Å²) in [6.07, 6.45) is 4.37. The maximum atomic E-state index is 12.8. The Balaban J connectivity index is 2.53. The van der Waals surface area contributed by atoms with E-state index in [2.05, 4.69) is 6.92 Å². The summed E-state index contributed by atoms with van der Waals surface area (Å²) < 4.78 is 12.9. The molecular formula is C19H27NO4. The lowest BCUT2D eigenvalue weighted by Gasteiger charge is -2.19. The van der Waals surface area contributed by atoms with Gasteiger partial charge in [-0.05, 0) is 32.4 Å². The first-order chi connectivity index (χ1) is 11.5. The fourth-order valence-electron chi connectivity index (χ4n) is 2.89. The van der Waals surface area contributed by atoms with E-state index in [4.69, 9.17) is 9.47 Å². The van der Waals surface area contributed by atoms with Gasteiger partial charge in [-0.2, -0.15) is 0 Å². The van der Waals surface area contributed by atoms with Crippen LogP contribution in [0.3, 0.4) is 0 Å². The molecule has 1 N–H and O–H groups in total. The molecule has 1 aromatic heterocycles. The van der Waals surface area contributed by atoms with E-state index in [1.165, 1.54) is 13.5 Å². The van der Waals surface area contributed by atoms with E-state index in [0.717, 1.165) is 24.6 Å². The fourth-order valence-corrected chi connectivity index (χ4v) is 2.89. The summed E-state index contributed by atoms with van der Waals surface area (Å²) in [5.74, 6) is 0.804. The molecule has 2 rings (SSSR count). The summed E-state index contributed by atoms with van der Waals surface area (Å²) in [5, 5.41) is 10.6. The van der Waals surface area contributed by atoms with E-state index in [1.807, 2.05) is 13.8 Å². The van der Waals surface area contributed by atoms with Crippen molar-refractivity contribution in [3.63, 3.8) is 0 Å². The number of hydrogen-bond donors (Lipinski definition) is 1. The SMILES string of the molecule is CCCCCCOc1c(OC)c(=O)n(C(C)C)c2cc(O)ccc12. The molecule has 0 atom stereocenters. The highest BCUT2D eigenvalue weighted by molar-refractivity contribution is 5.89. The second-order valence-electron chi connectivity index (χ2n) is 6.24. The molecule has 24 heavy (non-hydrogen) atoms. The maximum Gasteiger partial charge on any atom is 0.297 e. The zero-order valence-corrected chi connectivity index (χ0v) is 15.0. The van der Waals surface area contributed by atoms with Crippen LogP contribution < -0.4 is 15.0 Å². The summed E-state index contributed by atoms with van der Waals surface area (Å²) in [6.45, 7) is 6.55. The molecule has 5 nitrogen and oxygen atoms in total. The highest BCUT2D eigenvalue weighted by Gasteiger charge is 2.20. The molecule has 0 spiro atoms. The van der Waals surface area contributed by atoms with Gasteiger partial charge in [0.2, 0.25) is 5.75 Å². The molecule has 0 bridgehead atoms. The van der Waals surface area contributed by atoms with Crippen LogP contribution in [0.25, 0.3) is 10.9 Å². The summed E-state index contributed by atoms with van der Waals surface area (Å²) in [6, 6.07) is 4.91. The number of phenolic OH excluding ortho intramolecular Hbond substituents is 1. The number of rotatable bonds is 8. The minimum absolute atomic E-state index is 0.0608. The molecule has 0 saturated heterocycles. The average molecular weight is 333 g/mol. The first kappa shape index (κ1) is 18.2. The third-order valence-corrected chi connectivity index (χ3v) is 4.07. The summed E-state index contributed by atoms with van der Waals surface area (Å²) in [4.78, 5) is 12.8. The van der Waals surface area contributed by atoms with Crippen molar-refractivity contribution >= 4 is 10.9 Å². The Labute approximate surface area is 142 Å². The highest BCUT2D eigenvalue weighted by atomic mass is 16.5. The predicted molar refractivity (Wildman–Crippen MR) is 96.4 cm³/mol. The Morgan fingerprint density at radius 3 is 2.54 bits per heavy atom. The number of nitrogens with zero attached hydrogens (tertiary/aromatic N) is 1. The van der Waals surface area contributed by atoms with Gasteiger partial charge in [0.25, 0.3) is 5.56 Å². The molecule has 0 unspecified atom stereocenters. The minimum Gasteiger partial charge on any atom is -0.508 e. The van der Waals surface area contributed by atoms with Crippen molar-refractivity contribution in [1.82, 2.24) is 4.57 Å². The molecule has 0 aliphatic rings. The molecule has 0 amide bonds. The number of phenols is 1. The van der Waals surface area contributed by atoms with Gasteiger partial charge in [0.1, 0.15) is 5.75 Å². The number of methoxy groups -OCH3 is 1. The number of unbranched alkanes of at least 4 members (excludes halogenated alkanes) is 3. The van der Waals surface area contributed by atoms with Crippen LogP contribution in [-0.2, 0) is 0 Å². The van der Waals surface area contributed by atoms with Gasteiger partial charge in [0.05, 0.1) is 19.2 Å². The average Bonchev–Trinajstić information content (AvgIpc) is 2.53. The van der Waals surface area contributed by atoms with E-state index >= 15 is 0 Å². The molecule has 5 heteroatoms. The van der Waals surface area contributed by atoms with Crippen LogP contribution >= 0.6 is 0 Å². The van der Waals surface area contributed by atoms with Gasteiger partial charge in [0.15, 0.2) is 5.75 Å². The maximum absolute atomic E-state index is 12.8. The smallest absolute Gasteiger partial charge is 0.297 e. The van der Waals surface area contributed by atoms with Gasteiger partial charge in [-0.25, -0.2) is 0 Å². The molecule has 0 saturated carbocycles. The van der Waals surface area contributed by atoms with Crippen molar-refractivity contribution in [3.05, 3.63) is 28.6 Å². The molecular weight excluding hydrogens is 306 g/mol. The fraction of sp³-hybridized carbons (Fsp3) is 0.526. The zero-order chi connectivity index (χ0) is 17.7. The van der Waals surface area contributed by atoms with Gasteiger partial charge in [-0.1, -0.05) is 26.2 Å². The van der Waals surface area contributed by atoms with Crippen molar-refractivity contribution in [3.8, 4) is 17.2 Å². The van der Waals surface area contributed by atoms with Gasteiger partial charge in [0, 0.05) is 17.5 Å². The number of pyridine rings is 1. The van der Waals surface area contributed by atoms with Gasteiger partial charge in [-0.15, -0.1) is 0 Å². The molecule has 0 radical (unpaired) electrons. The Morgan fingerprint density at radius 1 is 1.17 bits per heavy atom. The normalized spacial score (nSPS) is 11.2. The van der Waals surface area contributed by atoms with E-state index in [-0.39, 0.29) is 23.1 Å². The molecule has 2 aromatic rings. The van der Waals surface area contributed by atoms with E-state index < -0.39 is 0 Å². The second kappa shape index (κ2) is 8.08. The lowest BCUT2D eigenvalue weighted by atomic mass is 10.1. The van der Waals surface area contributed by atoms with Gasteiger partial charge >= 0.3 is 0 Å². The third-order valence-electron chi connectivity index (χ3n) is 4.07. The third kappa shape index (κ3) is 3.66. The monoisotopic (exact) mass is 333 g/mol. The van der Waals surface area contributed by atoms with Crippen molar-refractivity contribution < 1.29 is 14.6 Å². The predicted octanol–water partition coefficient (Wildman–Crippen LogP) is 4.26. The first-order valence-corrected chi connectivity index (χ1v) is 8.59. The lowest BCUT2D eigenvalue weighted by Crippen LogP contribution is -2.24. The molecule has 132 valence electrons. The van der Waals surface area contributed by atoms with Crippen LogP contribution in [-0.4, -0.2) is 23.4 Å². The van der Waals surface area contributed by atoms with Crippen molar-refractivity contribution in [1.29, 1.82) is 0 Å². The number of aromatic hydroxyl groups is 1. The van der Waals surface area contributed by atoms with Crippen LogP contribution in [0, 0.1) is 0 Å². The molecule has 0 fully saturated rings. The summed E-state index contributed by atoms with van der Waals surface area (Å²) in [5.41, 5.74) is 0.411. The molecule has 1 heterocycles. The number of benzene rings is 1. The number of fused-ring (bicyclic) bond motifs is 1. The first-order valence-electron chi connectivity index (χ1n) is 8.59. The zero-order valence-electron chi connectivity index (χ0n) is 15.0. The Kier molecular flexibility index (Phi) is 6.12. The van der Waals surface area contributed by atoms with E-state index in [9.17, 15) is 9.90 Å². The Bertz CT molecular complexity index is 749. The molecule has 0 aliphatic heterocycles. The summed E-state index contributed by atoms with van der Waals surface area (Å²) >= 11 is 0. The van der Waals surface area contributed by atoms with Crippen molar-refractivity contribution in [2.45, 2.75) is 52.5 Å². The van der Waals surface area contributed by atoms with Crippen molar-refractivity contribution in [2.24, 2.45) is 0 Å². The van der Waals surface area contributed by atoms with E-state index in [0.29, 0.717) is 17.9 Å². The molecule has 1 aromatic carbocycles. The van der Waals surface area contributed by atoms with Crippen molar-refractivity contribution in [2.75, 3.05) is 13.7 Å². The molecule has 0 aliphatic carbocycles. The van der Waals surface area contributed by atoms with Gasteiger partial charge < -0.3 is 19.1 Å². The highest BCUT2D eigenvalue weighted by Crippen LogP contribution is 2.35. The van der Waals surface area contributed by atoms with Gasteiger partial charge in [-0.3, -0.25) is 4.79 Å². The quantitative estimate of drug-likeness (QED) is 0.733. The number of aromatic nitrogens is 1.